The smallest absolute Gasteiger partial charge is 0.227 e. The van der Waals surface area contributed by atoms with E-state index in [0.717, 1.165) is 55.7 Å². The molecule has 0 saturated heterocycles. The van der Waals surface area contributed by atoms with Crippen LogP contribution in [0.25, 0.3) is 0 Å². The molecule has 3 unspecified atom stereocenters. The summed E-state index contributed by atoms with van der Waals surface area (Å²) >= 11 is 1.29. The van der Waals surface area contributed by atoms with E-state index in [-0.39, 0.29) is 11.8 Å². The zero-order chi connectivity index (χ0) is 38.0. The highest BCUT2D eigenvalue weighted by atomic mass is 32.1. The van der Waals surface area contributed by atoms with Crippen LogP contribution in [0.5, 0.6) is 0 Å². The number of benzene rings is 2. The lowest BCUT2D eigenvalue weighted by molar-refractivity contribution is -0.119. The van der Waals surface area contributed by atoms with Crippen molar-refractivity contribution in [2.75, 3.05) is 23.3 Å². The molecule has 282 valence electrons. The Hall–Kier alpha value is -3.90. The Labute approximate surface area is 318 Å². The SMILES string of the molecule is CCCCC(CC)CN(CC(CC)CCCC)c1ccc(N=Nc2sc(N=Nc3ccc(CC(C)C)cc3)c(C)c2C#N)c(NC(=O)C(C)CC)c1. The van der Waals surface area contributed by atoms with Crippen LogP contribution in [-0.4, -0.2) is 19.0 Å². The quantitative estimate of drug-likeness (QED) is 0.104. The number of rotatable bonds is 22. The van der Waals surface area contributed by atoms with Crippen LogP contribution in [0.1, 0.15) is 130 Å². The first-order valence-corrected chi connectivity index (χ1v) is 20.5. The van der Waals surface area contributed by atoms with Gasteiger partial charge in [0.25, 0.3) is 0 Å². The summed E-state index contributed by atoms with van der Waals surface area (Å²) in [5.74, 6) is 1.59. The van der Waals surface area contributed by atoms with E-state index in [4.69, 9.17) is 0 Å². The minimum Gasteiger partial charge on any atom is -0.371 e. The van der Waals surface area contributed by atoms with Crippen LogP contribution >= 0.6 is 11.3 Å². The number of nitrogens with one attached hydrogen (secondary N) is 1. The fraction of sp³-hybridized carbons (Fsp3) is 0.581. The molecule has 1 heterocycles. The average Bonchev–Trinajstić information content (AvgIpc) is 3.45. The zero-order valence-corrected chi connectivity index (χ0v) is 34.2. The fourth-order valence-electron chi connectivity index (χ4n) is 6.25. The Morgan fingerprint density at radius 1 is 0.827 bits per heavy atom. The highest BCUT2D eigenvalue weighted by Gasteiger charge is 2.21. The predicted molar refractivity (Wildman–Crippen MR) is 220 cm³/mol. The van der Waals surface area contributed by atoms with Gasteiger partial charge in [-0.3, -0.25) is 4.79 Å². The first kappa shape index (κ1) is 42.5. The van der Waals surface area contributed by atoms with Crippen LogP contribution < -0.4 is 10.2 Å². The van der Waals surface area contributed by atoms with Crippen molar-refractivity contribution in [2.24, 2.45) is 44.1 Å². The molecule has 3 atom stereocenters. The Bertz CT molecular complexity index is 1620. The van der Waals surface area contributed by atoms with E-state index in [9.17, 15) is 10.1 Å². The highest BCUT2D eigenvalue weighted by Crippen LogP contribution is 2.43. The summed E-state index contributed by atoms with van der Waals surface area (Å²) in [6, 6.07) is 16.5. The second kappa shape index (κ2) is 22.2. The van der Waals surface area contributed by atoms with Crippen LogP contribution in [0.4, 0.5) is 32.8 Å². The molecular formula is C43H63N7OS. The van der Waals surface area contributed by atoms with Gasteiger partial charge < -0.3 is 10.2 Å². The van der Waals surface area contributed by atoms with Gasteiger partial charge in [0.1, 0.15) is 16.8 Å². The van der Waals surface area contributed by atoms with Gasteiger partial charge in [-0.25, -0.2) is 0 Å². The number of amides is 1. The molecule has 0 aliphatic heterocycles. The van der Waals surface area contributed by atoms with Gasteiger partial charge in [-0.2, -0.15) is 5.26 Å². The molecule has 0 bridgehead atoms. The van der Waals surface area contributed by atoms with E-state index in [1.165, 1.54) is 55.4 Å². The summed E-state index contributed by atoms with van der Waals surface area (Å²) in [6.07, 6.45) is 11.3. The molecule has 0 aliphatic rings. The van der Waals surface area contributed by atoms with Gasteiger partial charge >= 0.3 is 0 Å². The van der Waals surface area contributed by atoms with Crippen molar-refractivity contribution >= 4 is 50.0 Å². The van der Waals surface area contributed by atoms with Crippen molar-refractivity contribution in [2.45, 2.75) is 127 Å². The summed E-state index contributed by atoms with van der Waals surface area (Å²) in [6.45, 7) is 21.3. The number of hydrogen-bond acceptors (Lipinski definition) is 8. The molecule has 0 radical (unpaired) electrons. The van der Waals surface area contributed by atoms with Crippen molar-refractivity contribution in [3.8, 4) is 6.07 Å². The third kappa shape index (κ3) is 12.9. The van der Waals surface area contributed by atoms with E-state index in [2.05, 4.69) is 103 Å². The number of thiophene rings is 1. The van der Waals surface area contributed by atoms with Crippen LogP contribution in [-0.2, 0) is 11.2 Å². The van der Waals surface area contributed by atoms with Gasteiger partial charge in [-0.1, -0.05) is 117 Å². The zero-order valence-electron chi connectivity index (χ0n) is 33.3. The van der Waals surface area contributed by atoms with Gasteiger partial charge in [-0.15, -0.1) is 20.5 Å². The maximum Gasteiger partial charge on any atom is 0.227 e. The minimum atomic E-state index is -0.147. The van der Waals surface area contributed by atoms with Crippen molar-refractivity contribution in [1.82, 2.24) is 0 Å². The van der Waals surface area contributed by atoms with Gasteiger partial charge in [-0.05, 0) is 86.3 Å². The van der Waals surface area contributed by atoms with Gasteiger partial charge in [0.15, 0.2) is 5.00 Å². The Kier molecular flexibility index (Phi) is 18.2. The Balaban J connectivity index is 2.00. The van der Waals surface area contributed by atoms with Crippen molar-refractivity contribution < 1.29 is 4.79 Å². The fourth-order valence-corrected chi connectivity index (χ4v) is 7.15. The third-order valence-corrected chi connectivity index (χ3v) is 11.1. The highest BCUT2D eigenvalue weighted by molar-refractivity contribution is 7.19. The number of hydrogen-bond donors (Lipinski definition) is 1. The number of nitrogens with zero attached hydrogens (tertiary/aromatic N) is 6. The summed E-state index contributed by atoms with van der Waals surface area (Å²) < 4.78 is 0. The molecule has 3 aromatic rings. The lowest BCUT2D eigenvalue weighted by Gasteiger charge is -2.33. The molecule has 0 spiro atoms. The van der Waals surface area contributed by atoms with Crippen LogP contribution in [0.3, 0.4) is 0 Å². The van der Waals surface area contributed by atoms with Crippen LogP contribution in [0, 0.1) is 41.9 Å². The molecule has 0 saturated carbocycles. The molecular weight excluding hydrogens is 663 g/mol. The van der Waals surface area contributed by atoms with E-state index < -0.39 is 0 Å². The van der Waals surface area contributed by atoms with E-state index >= 15 is 0 Å². The molecule has 0 fully saturated rings. The van der Waals surface area contributed by atoms with Gasteiger partial charge in [0.2, 0.25) is 5.91 Å². The monoisotopic (exact) mass is 725 g/mol. The van der Waals surface area contributed by atoms with Gasteiger partial charge in [0.05, 0.1) is 16.9 Å². The molecule has 8 nitrogen and oxygen atoms in total. The second-order valence-corrected chi connectivity index (χ2v) is 15.7. The van der Waals surface area contributed by atoms with Crippen LogP contribution in [0.15, 0.2) is 62.9 Å². The topological polar surface area (TPSA) is 106 Å². The van der Waals surface area contributed by atoms with Crippen molar-refractivity contribution in [3.05, 3.63) is 59.2 Å². The normalized spacial score (nSPS) is 13.5. The van der Waals surface area contributed by atoms with Crippen LogP contribution in [0.2, 0.25) is 0 Å². The largest absolute Gasteiger partial charge is 0.371 e. The number of carbonyl (C=O) groups excluding carboxylic acids is 1. The summed E-state index contributed by atoms with van der Waals surface area (Å²) in [5.41, 5.74) is 5.45. The molecule has 1 amide bonds. The number of azo groups is 2. The molecule has 52 heavy (non-hydrogen) atoms. The van der Waals surface area contributed by atoms with Crippen molar-refractivity contribution in [1.29, 1.82) is 5.26 Å². The standard InChI is InChI=1S/C43H63N7OS/c1-10-15-17-33(13-4)28-50(29-34(14-5)18-16-11-2)37-23-24-39(40(26-37)45-41(51)31(8)12-3)47-49-43-38(27-44)32(9)42(52-43)48-46-36-21-19-35(20-22-36)25-30(6)7/h19-24,26,30-31,33-34H,10-18,25,28-29H2,1-9H3,(H,45,51). The van der Waals surface area contributed by atoms with E-state index in [1.807, 2.05) is 39.0 Å². The number of unbranched alkanes of at least 4 members (excludes halogenated alkanes) is 2. The molecule has 3 rings (SSSR count). The second-order valence-electron chi connectivity index (χ2n) is 14.7. The Morgan fingerprint density at radius 2 is 1.44 bits per heavy atom. The molecule has 2 aromatic carbocycles. The summed E-state index contributed by atoms with van der Waals surface area (Å²) in [5, 5.41) is 32.5. The summed E-state index contributed by atoms with van der Waals surface area (Å²) in [4.78, 5) is 15.8. The molecule has 9 heteroatoms. The predicted octanol–water partition coefficient (Wildman–Crippen LogP) is 14.2. The van der Waals surface area contributed by atoms with E-state index in [1.54, 1.807) is 0 Å². The maximum atomic E-state index is 13.3. The Morgan fingerprint density at radius 3 is 1.98 bits per heavy atom. The molecule has 1 N–H and O–H groups in total. The first-order chi connectivity index (χ1) is 25.1. The van der Waals surface area contributed by atoms with Gasteiger partial charge in [0, 0.05) is 30.3 Å². The lowest BCUT2D eigenvalue weighted by atomic mass is 9.95. The number of nitriles is 1. The number of carbonyl (C=O) groups is 1. The van der Waals surface area contributed by atoms with E-state index in [0.29, 0.717) is 44.7 Å². The third-order valence-electron chi connectivity index (χ3n) is 10.0. The maximum absolute atomic E-state index is 13.3. The average molecular weight is 726 g/mol. The molecule has 1 aromatic heterocycles. The first-order valence-electron chi connectivity index (χ1n) is 19.7. The minimum absolute atomic E-state index is 0.0453. The number of anilines is 2. The van der Waals surface area contributed by atoms with Crippen molar-refractivity contribution in [3.63, 3.8) is 0 Å². The molecule has 0 aliphatic carbocycles. The summed E-state index contributed by atoms with van der Waals surface area (Å²) in [7, 11) is 0. The lowest BCUT2D eigenvalue weighted by Crippen LogP contribution is -2.34.